The Bertz CT molecular complexity index is 1930. The van der Waals surface area contributed by atoms with Crippen LogP contribution in [0.1, 0.15) is 0 Å². The van der Waals surface area contributed by atoms with Crippen molar-refractivity contribution in [1.29, 1.82) is 0 Å². The van der Waals surface area contributed by atoms with Crippen LogP contribution < -0.4 is 15.9 Å². The van der Waals surface area contributed by atoms with Gasteiger partial charge in [-0.15, -0.1) is 0 Å². The molecular formula is C36H26NOP. The van der Waals surface area contributed by atoms with E-state index in [0.717, 1.165) is 60.0 Å². The Kier molecular flexibility index (Phi) is 5.77. The number of H-pyrrole nitrogens is 1. The number of aromatic nitrogens is 1. The van der Waals surface area contributed by atoms with Crippen molar-refractivity contribution in [2.45, 2.75) is 0 Å². The van der Waals surface area contributed by atoms with Crippen molar-refractivity contribution in [1.82, 2.24) is 4.98 Å². The average Bonchev–Trinajstić information content (AvgIpc) is 3.41. The van der Waals surface area contributed by atoms with Crippen LogP contribution in [0.15, 0.2) is 152 Å². The van der Waals surface area contributed by atoms with E-state index in [-0.39, 0.29) is 0 Å². The van der Waals surface area contributed by atoms with Gasteiger partial charge in [-0.1, -0.05) is 140 Å². The summed E-state index contributed by atoms with van der Waals surface area (Å²) in [6, 6.07) is 51.3. The normalized spacial score (nSPS) is 11.7. The van der Waals surface area contributed by atoms with E-state index in [1.54, 1.807) is 0 Å². The molecule has 7 aromatic rings. The van der Waals surface area contributed by atoms with Gasteiger partial charge in [-0.2, -0.15) is 0 Å². The lowest BCUT2D eigenvalue weighted by atomic mass is 9.94. The molecule has 0 fully saturated rings. The molecule has 6 aromatic carbocycles. The molecular weight excluding hydrogens is 493 g/mol. The molecule has 186 valence electrons. The van der Waals surface area contributed by atoms with E-state index in [9.17, 15) is 0 Å². The van der Waals surface area contributed by atoms with Gasteiger partial charge in [0.15, 0.2) is 7.14 Å². The summed E-state index contributed by atoms with van der Waals surface area (Å²) in [6.45, 7) is 0. The minimum atomic E-state index is -3.26. The quantitative estimate of drug-likeness (QED) is 0.228. The van der Waals surface area contributed by atoms with Crippen LogP contribution in [0.4, 0.5) is 0 Å². The standard InChI is InChI=1S/C36H26NOP/c38-39(28-17-6-2-7-18-28,29-19-8-3-9-20-29)33-25-24-26-14-10-11-21-30(26)34(33)35-31-22-12-13-23-32(31)37-36(35)27-15-4-1-5-16-27/h1-25,37H. The lowest BCUT2D eigenvalue weighted by Gasteiger charge is -2.24. The first-order valence-electron chi connectivity index (χ1n) is 13.2. The molecule has 0 aliphatic heterocycles. The van der Waals surface area contributed by atoms with Gasteiger partial charge in [-0.05, 0) is 28.5 Å². The molecule has 0 aliphatic carbocycles. The van der Waals surface area contributed by atoms with Crippen molar-refractivity contribution < 1.29 is 4.57 Å². The number of nitrogens with one attached hydrogen (secondary N) is 1. The maximum Gasteiger partial charge on any atom is 0.171 e. The third-order valence-electron chi connectivity index (χ3n) is 7.50. The minimum absolute atomic E-state index is 0.828. The lowest BCUT2D eigenvalue weighted by Crippen LogP contribution is -2.26. The Morgan fingerprint density at radius 1 is 0.462 bits per heavy atom. The zero-order valence-corrected chi connectivity index (χ0v) is 22.2. The molecule has 0 atom stereocenters. The molecule has 2 nitrogen and oxygen atoms in total. The van der Waals surface area contributed by atoms with Crippen LogP contribution in [0.3, 0.4) is 0 Å². The second-order valence-corrected chi connectivity index (χ2v) is 12.5. The second kappa shape index (κ2) is 9.58. The van der Waals surface area contributed by atoms with Crippen molar-refractivity contribution in [3.8, 4) is 22.4 Å². The van der Waals surface area contributed by atoms with E-state index in [4.69, 9.17) is 0 Å². The van der Waals surface area contributed by atoms with Crippen molar-refractivity contribution in [3.05, 3.63) is 152 Å². The Hall–Kier alpha value is -4.65. The molecule has 39 heavy (non-hydrogen) atoms. The Morgan fingerprint density at radius 2 is 1.00 bits per heavy atom. The highest BCUT2D eigenvalue weighted by atomic mass is 31.2. The van der Waals surface area contributed by atoms with Crippen LogP contribution in [0.2, 0.25) is 0 Å². The van der Waals surface area contributed by atoms with E-state index in [0.29, 0.717) is 0 Å². The molecule has 1 aromatic heterocycles. The fraction of sp³-hybridized carbons (Fsp3) is 0. The van der Waals surface area contributed by atoms with Crippen LogP contribution in [0.5, 0.6) is 0 Å². The third kappa shape index (κ3) is 3.84. The highest BCUT2D eigenvalue weighted by Gasteiger charge is 2.34. The first kappa shape index (κ1) is 23.5. The molecule has 0 unspecified atom stereocenters. The SMILES string of the molecule is O=P(c1ccccc1)(c1ccccc1)c1ccc2ccccc2c1-c1c(-c2ccccc2)[nH]c2ccccc12. The molecule has 0 saturated heterocycles. The topological polar surface area (TPSA) is 32.9 Å². The van der Waals surface area contributed by atoms with Crippen molar-refractivity contribution in [3.63, 3.8) is 0 Å². The summed E-state index contributed by atoms with van der Waals surface area (Å²) in [5, 5.41) is 5.82. The summed E-state index contributed by atoms with van der Waals surface area (Å²) in [5.41, 5.74) is 5.27. The van der Waals surface area contributed by atoms with Gasteiger partial charge in [0.25, 0.3) is 0 Å². The van der Waals surface area contributed by atoms with Gasteiger partial charge in [0.1, 0.15) is 0 Å². The van der Waals surface area contributed by atoms with Crippen molar-refractivity contribution >= 4 is 44.7 Å². The molecule has 0 aliphatic rings. The molecule has 7 rings (SSSR count). The minimum Gasteiger partial charge on any atom is -0.354 e. The number of para-hydroxylation sites is 1. The predicted octanol–water partition coefficient (Wildman–Crippen LogP) is 8.29. The number of benzene rings is 6. The molecule has 0 radical (unpaired) electrons. The summed E-state index contributed by atoms with van der Waals surface area (Å²) in [7, 11) is -3.26. The number of hydrogen-bond donors (Lipinski definition) is 1. The van der Waals surface area contributed by atoms with Gasteiger partial charge in [-0.25, -0.2) is 0 Å². The maximum atomic E-state index is 15.8. The Balaban J connectivity index is 1.67. The summed E-state index contributed by atoms with van der Waals surface area (Å²) in [4.78, 5) is 3.71. The largest absolute Gasteiger partial charge is 0.354 e. The molecule has 0 saturated carbocycles. The fourth-order valence-electron chi connectivity index (χ4n) is 5.71. The predicted molar refractivity (Wildman–Crippen MR) is 166 cm³/mol. The average molecular weight is 520 g/mol. The van der Waals surface area contributed by atoms with Gasteiger partial charge in [0.2, 0.25) is 0 Å². The van der Waals surface area contributed by atoms with Gasteiger partial charge >= 0.3 is 0 Å². The van der Waals surface area contributed by atoms with Gasteiger partial charge < -0.3 is 9.55 Å². The van der Waals surface area contributed by atoms with E-state index < -0.39 is 7.14 Å². The van der Waals surface area contributed by atoms with Gasteiger partial charge in [0, 0.05) is 37.9 Å². The van der Waals surface area contributed by atoms with E-state index in [2.05, 4.69) is 89.9 Å². The summed E-state index contributed by atoms with van der Waals surface area (Å²) < 4.78 is 15.8. The summed E-state index contributed by atoms with van der Waals surface area (Å²) in [5.74, 6) is 0. The van der Waals surface area contributed by atoms with E-state index in [1.165, 1.54) is 0 Å². The lowest BCUT2D eigenvalue weighted by molar-refractivity contribution is 0.592. The highest BCUT2D eigenvalue weighted by molar-refractivity contribution is 7.85. The monoisotopic (exact) mass is 519 g/mol. The highest BCUT2D eigenvalue weighted by Crippen LogP contribution is 2.49. The van der Waals surface area contributed by atoms with E-state index in [1.807, 2.05) is 66.7 Å². The number of hydrogen-bond acceptors (Lipinski definition) is 1. The van der Waals surface area contributed by atoms with Gasteiger partial charge in [-0.3, -0.25) is 0 Å². The first-order valence-corrected chi connectivity index (χ1v) is 14.9. The first-order chi connectivity index (χ1) is 19.2. The van der Waals surface area contributed by atoms with Crippen LogP contribution in [0.25, 0.3) is 44.1 Å². The Morgan fingerprint density at radius 3 is 1.67 bits per heavy atom. The van der Waals surface area contributed by atoms with Crippen molar-refractivity contribution in [2.75, 3.05) is 0 Å². The van der Waals surface area contributed by atoms with Gasteiger partial charge in [0.05, 0.1) is 5.69 Å². The van der Waals surface area contributed by atoms with Crippen LogP contribution in [-0.2, 0) is 4.57 Å². The van der Waals surface area contributed by atoms with Crippen LogP contribution >= 0.6 is 7.14 Å². The summed E-state index contributed by atoms with van der Waals surface area (Å²) >= 11 is 0. The number of fused-ring (bicyclic) bond motifs is 2. The fourth-order valence-corrected chi connectivity index (χ4v) is 8.58. The Labute approximate surface area is 228 Å². The van der Waals surface area contributed by atoms with Crippen LogP contribution in [0, 0.1) is 0 Å². The number of aromatic amines is 1. The van der Waals surface area contributed by atoms with E-state index >= 15 is 4.57 Å². The molecule has 0 spiro atoms. The smallest absolute Gasteiger partial charge is 0.171 e. The van der Waals surface area contributed by atoms with Crippen molar-refractivity contribution in [2.24, 2.45) is 0 Å². The molecule has 0 bridgehead atoms. The molecule has 1 heterocycles. The summed E-state index contributed by atoms with van der Waals surface area (Å²) in [6.07, 6.45) is 0. The van der Waals surface area contributed by atoms with Crippen LogP contribution in [-0.4, -0.2) is 4.98 Å². The molecule has 3 heteroatoms. The molecule has 0 amide bonds. The zero-order chi connectivity index (χ0) is 26.2. The second-order valence-electron chi connectivity index (χ2n) is 9.75. The number of rotatable bonds is 5. The zero-order valence-electron chi connectivity index (χ0n) is 21.3. The maximum absolute atomic E-state index is 15.8. The molecule has 1 N–H and O–H groups in total. The third-order valence-corrected chi connectivity index (χ3v) is 10.6.